The molecule has 0 saturated carbocycles. The number of carbonyl (C=O) groups excluding carboxylic acids is 1. The van der Waals surface area contributed by atoms with Gasteiger partial charge in [-0.15, -0.1) is 0 Å². The molecule has 0 saturated heterocycles. The fraction of sp³-hybridized carbons (Fsp3) is 0.235. The summed E-state index contributed by atoms with van der Waals surface area (Å²) in [5.41, 5.74) is -3.44. The van der Waals surface area contributed by atoms with Crippen molar-refractivity contribution in [1.82, 2.24) is 9.99 Å². The smallest absolute Gasteiger partial charge is 0.438 e. The van der Waals surface area contributed by atoms with Gasteiger partial charge in [0.1, 0.15) is 11.4 Å². The second-order valence-corrected chi connectivity index (χ2v) is 5.60. The molecule has 0 bridgehead atoms. The van der Waals surface area contributed by atoms with Crippen LogP contribution >= 0.6 is 0 Å². The molecule has 1 aromatic heterocycles. The normalized spacial score (nSPS) is 20.0. The number of hydrogen-bond acceptors (Lipinski definition) is 5. The molecule has 0 spiro atoms. The number of nitrogens with zero attached hydrogens (tertiary/aromatic N) is 3. The molecule has 1 aliphatic rings. The molecule has 0 aliphatic carbocycles. The predicted molar refractivity (Wildman–Crippen MR) is 85.6 cm³/mol. The minimum atomic E-state index is -5.10. The molecule has 1 N–H and O–H groups in total. The van der Waals surface area contributed by atoms with Crippen molar-refractivity contribution < 1.29 is 27.8 Å². The number of amides is 1. The molecule has 3 rings (SSSR count). The highest BCUT2D eigenvalue weighted by Crippen LogP contribution is 2.41. The average Bonchev–Trinajstić information content (AvgIpc) is 3.01. The van der Waals surface area contributed by atoms with Crippen molar-refractivity contribution in [1.29, 1.82) is 0 Å². The number of pyridine rings is 1. The first-order valence-corrected chi connectivity index (χ1v) is 7.53. The molecule has 0 radical (unpaired) electrons. The maximum atomic E-state index is 13.5. The fourth-order valence-electron chi connectivity index (χ4n) is 2.52. The molecule has 1 aliphatic heterocycles. The number of methoxy groups -OCH3 is 1. The standard InChI is InChI=1S/C17H14F3N3O3/c1-26-12-7-5-11(6-8-12)14-10-16(25,17(18,19)20)23(22-14)15(24)13-4-2-3-9-21-13/h2-9,25H,10H2,1H3. The van der Waals surface area contributed by atoms with Gasteiger partial charge in [0.2, 0.25) is 0 Å². The number of rotatable bonds is 3. The molecule has 2 heterocycles. The number of hydrazone groups is 1. The molecule has 1 unspecified atom stereocenters. The summed E-state index contributed by atoms with van der Waals surface area (Å²) in [6, 6.07) is 10.3. The highest BCUT2D eigenvalue weighted by molar-refractivity contribution is 6.05. The second kappa shape index (κ2) is 6.41. The Morgan fingerprint density at radius 2 is 1.92 bits per heavy atom. The third kappa shape index (κ3) is 3.01. The summed E-state index contributed by atoms with van der Waals surface area (Å²) >= 11 is 0. The van der Waals surface area contributed by atoms with Crippen LogP contribution in [-0.2, 0) is 0 Å². The summed E-state index contributed by atoms with van der Waals surface area (Å²) < 4.78 is 45.6. The quantitative estimate of drug-likeness (QED) is 0.907. The van der Waals surface area contributed by atoms with Crippen LogP contribution in [0.5, 0.6) is 5.75 Å². The zero-order chi connectivity index (χ0) is 18.9. The maximum Gasteiger partial charge on any atom is 0.438 e. The van der Waals surface area contributed by atoms with Crippen LogP contribution in [0.3, 0.4) is 0 Å². The highest BCUT2D eigenvalue weighted by Gasteiger charge is 2.63. The minimum absolute atomic E-state index is 0.0505. The molecule has 136 valence electrons. The van der Waals surface area contributed by atoms with Gasteiger partial charge in [-0.05, 0) is 42.0 Å². The predicted octanol–water partition coefficient (Wildman–Crippen LogP) is 2.59. The molecular weight excluding hydrogens is 351 g/mol. The van der Waals surface area contributed by atoms with E-state index >= 15 is 0 Å². The average molecular weight is 365 g/mol. The monoisotopic (exact) mass is 365 g/mol. The van der Waals surface area contributed by atoms with Gasteiger partial charge < -0.3 is 9.84 Å². The van der Waals surface area contributed by atoms with Crippen LogP contribution in [0.1, 0.15) is 22.5 Å². The first-order valence-electron chi connectivity index (χ1n) is 7.53. The minimum Gasteiger partial charge on any atom is -0.497 e. The van der Waals surface area contributed by atoms with Gasteiger partial charge in [-0.1, -0.05) is 6.07 Å². The Balaban J connectivity index is 2.02. The van der Waals surface area contributed by atoms with Crippen molar-refractivity contribution in [3.63, 3.8) is 0 Å². The maximum absolute atomic E-state index is 13.5. The molecule has 26 heavy (non-hydrogen) atoms. The lowest BCUT2D eigenvalue weighted by Gasteiger charge is -2.32. The van der Waals surface area contributed by atoms with Gasteiger partial charge in [0.15, 0.2) is 0 Å². The van der Waals surface area contributed by atoms with E-state index in [0.717, 1.165) is 0 Å². The number of alkyl halides is 3. The Labute approximate surface area is 146 Å². The number of carbonyl (C=O) groups is 1. The van der Waals surface area contributed by atoms with Crippen LogP contribution in [0.15, 0.2) is 53.8 Å². The summed E-state index contributed by atoms with van der Waals surface area (Å²) in [6.45, 7) is 0. The van der Waals surface area contributed by atoms with E-state index < -0.39 is 24.2 Å². The Hall–Kier alpha value is -2.94. The number of halogens is 3. The van der Waals surface area contributed by atoms with E-state index in [1.165, 1.54) is 43.6 Å². The lowest BCUT2D eigenvalue weighted by atomic mass is 10.0. The van der Waals surface area contributed by atoms with Crippen LogP contribution in [-0.4, -0.2) is 45.7 Å². The summed E-state index contributed by atoms with van der Waals surface area (Å²) in [5, 5.41) is 14.1. The van der Waals surface area contributed by atoms with Crippen molar-refractivity contribution in [2.24, 2.45) is 5.10 Å². The summed E-state index contributed by atoms with van der Waals surface area (Å²) in [6.07, 6.45) is -4.72. The second-order valence-electron chi connectivity index (χ2n) is 5.60. The Morgan fingerprint density at radius 3 is 2.46 bits per heavy atom. The molecule has 0 fully saturated rings. The van der Waals surface area contributed by atoms with Crippen molar-refractivity contribution in [3.05, 3.63) is 59.9 Å². The molecule has 1 aromatic carbocycles. The van der Waals surface area contributed by atoms with Crippen LogP contribution in [0.4, 0.5) is 13.2 Å². The van der Waals surface area contributed by atoms with Gasteiger partial charge in [-0.2, -0.15) is 23.3 Å². The van der Waals surface area contributed by atoms with Crippen LogP contribution in [0, 0.1) is 0 Å². The third-order valence-electron chi connectivity index (χ3n) is 3.94. The van der Waals surface area contributed by atoms with Crippen LogP contribution in [0.2, 0.25) is 0 Å². The van der Waals surface area contributed by atoms with E-state index in [1.54, 1.807) is 12.1 Å². The van der Waals surface area contributed by atoms with Crippen molar-refractivity contribution in [2.75, 3.05) is 7.11 Å². The molecular formula is C17H14F3N3O3. The van der Waals surface area contributed by atoms with Gasteiger partial charge in [0, 0.05) is 6.20 Å². The van der Waals surface area contributed by atoms with E-state index in [-0.39, 0.29) is 16.4 Å². The Bertz CT molecular complexity index is 838. The van der Waals surface area contributed by atoms with E-state index in [2.05, 4.69) is 10.1 Å². The Kier molecular flexibility index (Phi) is 4.41. The largest absolute Gasteiger partial charge is 0.497 e. The fourth-order valence-corrected chi connectivity index (χ4v) is 2.52. The lowest BCUT2D eigenvalue weighted by molar-refractivity contribution is -0.297. The number of hydrogen-bond donors (Lipinski definition) is 1. The zero-order valence-corrected chi connectivity index (χ0v) is 13.6. The van der Waals surface area contributed by atoms with Crippen molar-refractivity contribution in [2.45, 2.75) is 18.3 Å². The number of aromatic nitrogens is 1. The van der Waals surface area contributed by atoms with Gasteiger partial charge >= 0.3 is 6.18 Å². The van der Waals surface area contributed by atoms with E-state index in [4.69, 9.17) is 4.74 Å². The third-order valence-corrected chi connectivity index (χ3v) is 3.94. The van der Waals surface area contributed by atoms with Crippen molar-refractivity contribution in [3.8, 4) is 5.75 Å². The van der Waals surface area contributed by atoms with Crippen LogP contribution in [0.25, 0.3) is 0 Å². The molecule has 1 amide bonds. The SMILES string of the molecule is COc1ccc(C2=NN(C(=O)c3ccccn3)C(O)(C(F)(F)F)C2)cc1. The van der Waals surface area contributed by atoms with Gasteiger partial charge in [-0.3, -0.25) is 9.78 Å². The topological polar surface area (TPSA) is 75.0 Å². The first kappa shape index (κ1) is 17.9. The number of ether oxygens (including phenoxy) is 1. The Morgan fingerprint density at radius 1 is 1.23 bits per heavy atom. The highest BCUT2D eigenvalue weighted by atomic mass is 19.4. The summed E-state index contributed by atoms with van der Waals surface area (Å²) in [4.78, 5) is 16.2. The zero-order valence-electron chi connectivity index (χ0n) is 13.6. The molecule has 9 heteroatoms. The van der Waals surface area contributed by atoms with Crippen molar-refractivity contribution >= 4 is 11.6 Å². The molecule has 1 atom stereocenters. The van der Waals surface area contributed by atoms with Gasteiger partial charge in [0.05, 0.1) is 19.2 Å². The van der Waals surface area contributed by atoms with E-state index in [0.29, 0.717) is 11.3 Å². The number of benzene rings is 1. The summed E-state index contributed by atoms with van der Waals surface area (Å²) in [5.74, 6) is -0.631. The van der Waals surface area contributed by atoms with Gasteiger partial charge in [-0.25, -0.2) is 0 Å². The lowest BCUT2D eigenvalue weighted by Crippen LogP contribution is -2.56. The van der Waals surface area contributed by atoms with Crippen LogP contribution < -0.4 is 4.74 Å². The van der Waals surface area contributed by atoms with Gasteiger partial charge in [0.25, 0.3) is 11.6 Å². The first-order chi connectivity index (χ1) is 12.3. The van der Waals surface area contributed by atoms with E-state index in [1.807, 2.05) is 0 Å². The molecule has 2 aromatic rings. The summed E-state index contributed by atoms with van der Waals surface area (Å²) in [7, 11) is 1.46. The molecule has 6 nitrogen and oxygen atoms in total. The van der Waals surface area contributed by atoms with E-state index in [9.17, 15) is 23.1 Å². The number of aliphatic hydroxyl groups is 1.